The van der Waals surface area contributed by atoms with E-state index in [0.717, 1.165) is 13.0 Å². The average Bonchev–Trinajstić information content (AvgIpc) is 2.28. The fourth-order valence-electron chi connectivity index (χ4n) is 2.16. The lowest BCUT2D eigenvalue weighted by atomic mass is 10.00. The molecule has 2 nitrogen and oxygen atoms in total. The van der Waals surface area contributed by atoms with Crippen LogP contribution in [0, 0.1) is 11.8 Å². The summed E-state index contributed by atoms with van der Waals surface area (Å²) in [6.07, 6.45) is 1.47. The molecule has 0 radical (unpaired) electrons. The lowest BCUT2D eigenvalue weighted by molar-refractivity contribution is -0.215. The zero-order chi connectivity index (χ0) is 8.72. The summed E-state index contributed by atoms with van der Waals surface area (Å²) in [5.41, 5.74) is 1.31. The molecule has 2 aliphatic rings. The van der Waals surface area contributed by atoms with Gasteiger partial charge in [-0.2, -0.15) is 0 Å². The van der Waals surface area contributed by atoms with Gasteiger partial charge in [0.2, 0.25) is 0 Å². The Kier molecular flexibility index (Phi) is 1.97. The van der Waals surface area contributed by atoms with Gasteiger partial charge in [-0.1, -0.05) is 19.1 Å². The van der Waals surface area contributed by atoms with Crippen LogP contribution in [0.4, 0.5) is 0 Å². The van der Waals surface area contributed by atoms with Gasteiger partial charge in [0.25, 0.3) is 0 Å². The third kappa shape index (κ3) is 1.19. The Morgan fingerprint density at radius 3 is 2.92 bits per heavy atom. The number of hydrogen-bond donors (Lipinski definition) is 0. The predicted molar refractivity (Wildman–Crippen MR) is 46.7 cm³/mol. The van der Waals surface area contributed by atoms with Crippen molar-refractivity contribution in [3.63, 3.8) is 0 Å². The van der Waals surface area contributed by atoms with E-state index in [1.165, 1.54) is 5.57 Å². The number of rotatable bonds is 0. The molecule has 0 amide bonds. The molecule has 12 heavy (non-hydrogen) atoms. The third-order valence-corrected chi connectivity index (χ3v) is 3.02. The first-order chi connectivity index (χ1) is 5.68. The summed E-state index contributed by atoms with van der Waals surface area (Å²) < 4.78 is 11.1. The van der Waals surface area contributed by atoms with E-state index in [1.807, 2.05) is 6.92 Å². The largest absolute Gasteiger partial charge is 0.352 e. The molecule has 2 heteroatoms. The molecule has 0 aromatic rings. The minimum atomic E-state index is -0.0238. The summed E-state index contributed by atoms with van der Waals surface area (Å²) in [6.45, 7) is 9.06. The predicted octanol–water partition coefficient (Wildman–Crippen LogP) is 1.96. The Labute approximate surface area is 73.5 Å². The highest BCUT2D eigenvalue weighted by atomic mass is 16.7. The minimum absolute atomic E-state index is 0.0238. The van der Waals surface area contributed by atoms with Crippen molar-refractivity contribution in [2.75, 3.05) is 6.61 Å². The molecule has 0 spiro atoms. The summed E-state index contributed by atoms with van der Waals surface area (Å²) in [7, 11) is 0. The Hall–Kier alpha value is -0.340. The van der Waals surface area contributed by atoms with Crippen LogP contribution in [-0.2, 0) is 9.47 Å². The SMILES string of the molecule is C=C1[C@H](C)C[C@@H]2OC(C)OC[C@@H]12. The lowest BCUT2D eigenvalue weighted by Gasteiger charge is -2.30. The molecule has 1 aliphatic carbocycles. The summed E-state index contributed by atoms with van der Waals surface area (Å²) in [5, 5.41) is 0. The van der Waals surface area contributed by atoms with Crippen molar-refractivity contribution >= 4 is 0 Å². The molecule has 1 saturated heterocycles. The summed E-state index contributed by atoms with van der Waals surface area (Å²) in [4.78, 5) is 0. The minimum Gasteiger partial charge on any atom is -0.352 e. The quantitative estimate of drug-likeness (QED) is 0.515. The van der Waals surface area contributed by atoms with Crippen LogP contribution in [0.5, 0.6) is 0 Å². The molecular formula is C10H16O2. The molecule has 0 bridgehead atoms. The zero-order valence-corrected chi connectivity index (χ0v) is 7.75. The van der Waals surface area contributed by atoms with Crippen molar-refractivity contribution < 1.29 is 9.47 Å². The molecule has 1 saturated carbocycles. The van der Waals surface area contributed by atoms with Crippen LogP contribution >= 0.6 is 0 Å². The highest BCUT2D eigenvalue weighted by molar-refractivity contribution is 5.14. The van der Waals surface area contributed by atoms with Gasteiger partial charge in [-0.3, -0.25) is 0 Å². The van der Waals surface area contributed by atoms with Gasteiger partial charge < -0.3 is 9.47 Å². The van der Waals surface area contributed by atoms with Crippen LogP contribution in [0.25, 0.3) is 0 Å². The van der Waals surface area contributed by atoms with Crippen molar-refractivity contribution in [2.45, 2.75) is 32.7 Å². The van der Waals surface area contributed by atoms with Crippen LogP contribution < -0.4 is 0 Å². The van der Waals surface area contributed by atoms with E-state index in [9.17, 15) is 0 Å². The topological polar surface area (TPSA) is 18.5 Å². The normalized spacial score (nSPS) is 47.7. The molecule has 1 unspecified atom stereocenters. The van der Waals surface area contributed by atoms with E-state index in [2.05, 4.69) is 13.5 Å². The van der Waals surface area contributed by atoms with Crippen molar-refractivity contribution in [3.8, 4) is 0 Å². The van der Waals surface area contributed by atoms with Gasteiger partial charge in [0.1, 0.15) is 0 Å². The lowest BCUT2D eigenvalue weighted by Crippen LogP contribution is -2.35. The van der Waals surface area contributed by atoms with E-state index >= 15 is 0 Å². The maximum absolute atomic E-state index is 5.67. The first-order valence-corrected chi connectivity index (χ1v) is 4.64. The fourth-order valence-corrected chi connectivity index (χ4v) is 2.16. The second kappa shape index (κ2) is 2.86. The molecule has 1 heterocycles. The van der Waals surface area contributed by atoms with Crippen LogP contribution in [0.2, 0.25) is 0 Å². The first-order valence-electron chi connectivity index (χ1n) is 4.64. The van der Waals surface area contributed by atoms with E-state index in [4.69, 9.17) is 9.47 Å². The highest BCUT2D eigenvalue weighted by Crippen LogP contribution is 2.40. The molecule has 2 rings (SSSR count). The third-order valence-electron chi connectivity index (χ3n) is 3.02. The molecule has 4 atom stereocenters. The fraction of sp³-hybridized carbons (Fsp3) is 0.800. The van der Waals surface area contributed by atoms with E-state index in [-0.39, 0.29) is 6.29 Å². The molecule has 0 aromatic carbocycles. The van der Waals surface area contributed by atoms with Gasteiger partial charge in [0.15, 0.2) is 6.29 Å². The number of fused-ring (bicyclic) bond motifs is 1. The molecule has 68 valence electrons. The Morgan fingerprint density at radius 1 is 1.42 bits per heavy atom. The monoisotopic (exact) mass is 168 g/mol. The number of ether oxygens (including phenoxy) is 2. The zero-order valence-electron chi connectivity index (χ0n) is 7.75. The van der Waals surface area contributed by atoms with E-state index < -0.39 is 0 Å². The van der Waals surface area contributed by atoms with Crippen molar-refractivity contribution in [2.24, 2.45) is 11.8 Å². The molecule has 0 N–H and O–H groups in total. The maximum Gasteiger partial charge on any atom is 0.155 e. The van der Waals surface area contributed by atoms with Crippen molar-refractivity contribution in [3.05, 3.63) is 12.2 Å². The van der Waals surface area contributed by atoms with Gasteiger partial charge in [0, 0.05) is 5.92 Å². The first kappa shape index (κ1) is 8.27. The summed E-state index contributed by atoms with van der Waals surface area (Å²) in [6, 6.07) is 0. The van der Waals surface area contributed by atoms with Crippen LogP contribution in [-0.4, -0.2) is 19.0 Å². The van der Waals surface area contributed by atoms with Gasteiger partial charge >= 0.3 is 0 Å². The van der Waals surface area contributed by atoms with E-state index in [0.29, 0.717) is 17.9 Å². The van der Waals surface area contributed by atoms with Gasteiger partial charge in [-0.25, -0.2) is 0 Å². The second-order valence-corrected chi connectivity index (χ2v) is 3.89. The van der Waals surface area contributed by atoms with Gasteiger partial charge in [-0.15, -0.1) is 0 Å². The van der Waals surface area contributed by atoms with Crippen LogP contribution in [0.15, 0.2) is 12.2 Å². The average molecular weight is 168 g/mol. The highest BCUT2D eigenvalue weighted by Gasteiger charge is 2.40. The smallest absolute Gasteiger partial charge is 0.155 e. The Balaban J connectivity index is 2.09. The van der Waals surface area contributed by atoms with Crippen molar-refractivity contribution in [1.29, 1.82) is 0 Å². The number of hydrogen-bond acceptors (Lipinski definition) is 2. The Morgan fingerprint density at radius 2 is 2.17 bits per heavy atom. The summed E-state index contributed by atoms with van der Waals surface area (Å²) in [5.74, 6) is 1.06. The van der Waals surface area contributed by atoms with Gasteiger partial charge in [-0.05, 0) is 19.3 Å². The second-order valence-electron chi connectivity index (χ2n) is 3.89. The van der Waals surface area contributed by atoms with E-state index in [1.54, 1.807) is 0 Å². The Bertz CT molecular complexity index is 200. The maximum atomic E-state index is 5.67. The standard InChI is InChI=1S/C10H16O2/c1-6-4-10-9(7(6)2)5-11-8(3)12-10/h6,8-10H,2,4-5H2,1,3H3/t6-,8?,9+,10+/m1/s1. The molecule has 1 aliphatic heterocycles. The molecule has 0 aromatic heterocycles. The van der Waals surface area contributed by atoms with Crippen LogP contribution in [0.3, 0.4) is 0 Å². The van der Waals surface area contributed by atoms with Gasteiger partial charge in [0.05, 0.1) is 12.7 Å². The van der Waals surface area contributed by atoms with Crippen LogP contribution in [0.1, 0.15) is 20.3 Å². The summed E-state index contributed by atoms with van der Waals surface area (Å²) >= 11 is 0. The molecule has 2 fully saturated rings. The molecular weight excluding hydrogens is 152 g/mol. The van der Waals surface area contributed by atoms with Crippen molar-refractivity contribution in [1.82, 2.24) is 0 Å².